The van der Waals surface area contributed by atoms with E-state index in [1.165, 1.54) is 28.5 Å². The van der Waals surface area contributed by atoms with Gasteiger partial charge in [-0.25, -0.2) is 9.98 Å². The number of thioether (sulfide) groups is 1. The van der Waals surface area contributed by atoms with E-state index in [1.807, 2.05) is 19.1 Å². The third-order valence-corrected chi connectivity index (χ3v) is 4.97. The monoisotopic (exact) mass is 325 g/mol. The van der Waals surface area contributed by atoms with Crippen LogP contribution in [0.25, 0.3) is 0 Å². The van der Waals surface area contributed by atoms with Crippen LogP contribution in [0.4, 0.5) is 5.82 Å². The van der Waals surface area contributed by atoms with Crippen LogP contribution < -0.4 is 5.32 Å². The molecule has 2 heterocycles. The molecule has 1 N–H and O–H groups in total. The quantitative estimate of drug-likeness (QED) is 0.940. The Kier molecular flexibility index (Phi) is 4.48. The van der Waals surface area contributed by atoms with Crippen molar-refractivity contribution in [2.24, 2.45) is 4.99 Å². The first-order valence-electron chi connectivity index (χ1n) is 7.56. The molecule has 5 heteroatoms. The number of hydrogen-bond acceptors (Lipinski definition) is 4. The Morgan fingerprint density at radius 3 is 2.74 bits per heavy atom. The van der Waals surface area contributed by atoms with Gasteiger partial charge in [0.1, 0.15) is 0 Å². The summed E-state index contributed by atoms with van der Waals surface area (Å²) in [7, 11) is 0. The number of aromatic nitrogens is 1. The van der Waals surface area contributed by atoms with Crippen LogP contribution in [0, 0.1) is 20.8 Å². The number of amidine groups is 1. The molecular weight excluding hydrogens is 306 g/mol. The standard InChI is InChI=1S/C18H19N3OS/c1-11-6-7-19-16(8-11)20-18-21-17(22)15(23-18)10-14-5-4-12(2)13(3)9-14/h4-9,15H,10H2,1-3H3,(H,19,20,21,22). The predicted molar refractivity (Wildman–Crippen MR) is 95.2 cm³/mol. The molecule has 1 aliphatic rings. The van der Waals surface area contributed by atoms with Crippen molar-refractivity contribution in [2.45, 2.75) is 32.4 Å². The maximum atomic E-state index is 12.2. The largest absolute Gasteiger partial charge is 0.304 e. The molecule has 0 radical (unpaired) electrons. The first-order chi connectivity index (χ1) is 11.0. The smallest absolute Gasteiger partial charge is 0.239 e. The summed E-state index contributed by atoms with van der Waals surface area (Å²) >= 11 is 1.47. The van der Waals surface area contributed by atoms with Crippen LogP contribution >= 0.6 is 11.8 Å². The summed E-state index contributed by atoms with van der Waals surface area (Å²) < 4.78 is 0. The molecular formula is C18H19N3OS. The Labute approximate surface area is 140 Å². The molecule has 0 saturated carbocycles. The summed E-state index contributed by atoms with van der Waals surface area (Å²) in [5.41, 5.74) is 4.80. The van der Waals surface area contributed by atoms with Crippen LogP contribution in [-0.2, 0) is 11.2 Å². The van der Waals surface area contributed by atoms with Crippen molar-refractivity contribution in [1.82, 2.24) is 10.3 Å². The van der Waals surface area contributed by atoms with Gasteiger partial charge in [-0.05, 0) is 61.6 Å². The van der Waals surface area contributed by atoms with E-state index in [9.17, 15) is 4.79 Å². The molecule has 1 saturated heterocycles. The Morgan fingerprint density at radius 2 is 2.00 bits per heavy atom. The molecule has 118 valence electrons. The molecule has 1 amide bonds. The molecule has 1 unspecified atom stereocenters. The molecule has 1 aromatic heterocycles. The number of benzene rings is 1. The highest BCUT2D eigenvalue weighted by Gasteiger charge is 2.30. The average Bonchev–Trinajstić information content (AvgIpc) is 2.83. The number of rotatable bonds is 3. The minimum absolute atomic E-state index is 0.0135. The van der Waals surface area contributed by atoms with Gasteiger partial charge >= 0.3 is 0 Å². The summed E-state index contributed by atoms with van der Waals surface area (Å²) in [4.78, 5) is 20.8. The molecule has 1 fully saturated rings. The van der Waals surface area contributed by atoms with Crippen molar-refractivity contribution >= 4 is 28.7 Å². The fourth-order valence-corrected chi connectivity index (χ4v) is 3.44. The second kappa shape index (κ2) is 6.54. The second-order valence-corrected chi connectivity index (χ2v) is 7.02. The van der Waals surface area contributed by atoms with Crippen molar-refractivity contribution in [3.05, 3.63) is 58.8 Å². The third-order valence-electron chi connectivity index (χ3n) is 3.89. The van der Waals surface area contributed by atoms with E-state index in [-0.39, 0.29) is 11.2 Å². The molecule has 0 bridgehead atoms. The van der Waals surface area contributed by atoms with Crippen LogP contribution in [0.1, 0.15) is 22.3 Å². The van der Waals surface area contributed by atoms with Crippen LogP contribution in [-0.4, -0.2) is 21.3 Å². The summed E-state index contributed by atoms with van der Waals surface area (Å²) in [6, 6.07) is 10.2. The van der Waals surface area contributed by atoms with Crippen LogP contribution in [0.3, 0.4) is 0 Å². The fourth-order valence-electron chi connectivity index (χ4n) is 2.42. The zero-order valence-corrected chi connectivity index (χ0v) is 14.3. The number of pyridine rings is 1. The van der Waals surface area contributed by atoms with E-state index < -0.39 is 0 Å². The van der Waals surface area contributed by atoms with E-state index >= 15 is 0 Å². The van der Waals surface area contributed by atoms with E-state index in [1.54, 1.807) is 6.20 Å². The van der Waals surface area contributed by atoms with Gasteiger partial charge in [0.05, 0.1) is 5.25 Å². The minimum atomic E-state index is -0.138. The highest BCUT2D eigenvalue weighted by molar-refractivity contribution is 8.15. The third kappa shape index (κ3) is 3.79. The topological polar surface area (TPSA) is 54.4 Å². The minimum Gasteiger partial charge on any atom is -0.304 e. The Morgan fingerprint density at radius 1 is 1.17 bits per heavy atom. The zero-order chi connectivity index (χ0) is 16.4. The Bertz CT molecular complexity index is 786. The van der Waals surface area contributed by atoms with Crippen molar-refractivity contribution in [2.75, 3.05) is 0 Å². The van der Waals surface area contributed by atoms with Crippen LogP contribution in [0.2, 0.25) is 0 Å². The second-order valence-electron chi connectivity index (χ2n) is 5.83. The molecule has 2 aromatic rings. The Balaban J connectivity index is 1.73. The van der Waals surface area contributed by atoms with E-state index in [0.717, 1.165) is 5.56 Å². The molecule has 4 nitrogen and oxygen atoms in total. The number of carbonyl (C=O) groups excluding carboxylic acids is 1. The van der Waals surface area contributed by atoms with Gasteiger partial charge in [-0.1, -0.05) is 30.0 Å². The average molecular weight is 325 g/mol. The fraction of sp³-hybridized carbons (Fsp3) is 0.278. The van der Waals surface area contributed by atoms with E-state index in [2.05, 4.69) is 47.3 Å². The summed E-state index contributed by atoms with van der Waals surface area (Å²) in [6.45, 7) is 6.18. The lowest BCUT2D eigenvalue weighted by Gasteiger charge is -2.07. The lowest BCUT2D eigenvalue weighted by Crippen LogP contribution is -2.26. The van der Waals surface area contributed by atoms with Gasteiger partial charge < -0.3 is 5.32 Å². The first-order valence-corrected chi connectivity index (χ1v) is 8.44. The number of carbonyl (C=O) groups is 1. The lowest BCUT2D eigenvalue weighted by molar-refractivity contribution is -0.118. The first kappa shape index (κ1) is 15.7. The van der Waals surface area contributed by atoms with Crippen molar-refractivity contribution in [3.8, 4) is 0 Å². The highest BCUT2D eigenvalue weighted by Crippen LogP contribution is 2.26. The predicted octanol–water partition coefficient (Wildman–Crippen LogP) is 3.47. The number of nitrogens with zero attached hydrogens (tertiary/aromatic N) is 2. The van der Waals surface area contributed by atoms with Gasteiger partial charge in [-0.15, -0.1) is 0 Å². The zero-order valence-electron chi connectivity index (χ0n) is 13.5. The van der Waals surface area contributed by atoms with Gasteiger partial charge in [-0.2, -0.15) is 0 Å². The van der Waals surface area contributed by atoms with E-state index in [0.29, 0.717) is 17.4 Å². The van der Waals surface area contributed by atoms with Crippen LogP contribution in [0.15, 0.2) is 41.5 Å². The van der Waals surface area contributed by atoms with Crippen molar-refractivity contribution < 1.29 is 4.79 Å². The molecule has 23 heavy (non-hydrogen) atoms. The van der Waals surface area contributed by atoms with Gasteiger partial charge in [0.25, 0.3) is 0 Å². The number of aryl methyl sites for hydroxylation is 3. The maximum absolute atomic E-state index is 12.2. The Hall–Kier alpha value is -2.14. The molecule has 1 aromatic carbocycles. The number of aliphatic imine (C=N–C) groups is 1. The van der Waals surface area contributed by atoms with Crippen LogP contribution in [0.5, 0.6) is 0 Å². The number of hydrogen-bond donors (Lipinski definition) is 1. The summed E-state index contributed by atoms with van der Waals surface area (Å²) in [5.74, 6) is 0.638. The van der Waals surface area contributed by atoms with Gasteiger partial charge in [-0.3, -0.25) is 4.79 Å². The molecule has 0 spiro atoms. The maximum Gasteiger partial charge on any atom is 0.239 e. The SMILES string of the molecule is Cc1ccnc(N=C2NC(=O)C(Cc3ccc(C)c(C)c3)S2)c1. The molecule has 0 aliphatic carbocycles. The molecule has 3 rings (SSSR count). The number of amides is 1. The summed E-state index contributed by atoms with van der Waals surface area (Å²) in [6.07, 6.45) is 2.43. The van der Waals surface area contributed by atoms with Gasteiger partial charge in [0.2, 0.25) is 5.91 Å². The van der Waals surface area contributed by atoms with Crippen molar-refractivity contribution in [1.29, 1.82) is 0 Å². The van der Waals surface area contributed by atoms with Gasteiger partial charge in [0.15, 0.2) is 11.0 Å². The normalized spacial score (nSPS) is 19.2. The highest BCUT2D eigenvalue weighted by atomic mass is 32.2. The van der Waals surface area contributed by atoms with E-state index in [4.69, 9.17) is 0 Å². The number of nitrogens with one attached hydrogen (secondary N) is 1. The van der Waals surface area contributed by atoms with Crippen molar-refractivity contribution in [3.63, 3.8) is 0 Å². The molecule has 1 atom stereocenters. The lowest BCUT2D eigenvalue weighted by atomic mass is 10.0. The molecule has 1 aliphatic heterocycles. The van der Waals surface area contributed by atoms with Gasteiger partial charge in [0, 0.05) is 6.20 Å². The summed E-state index contributed by atoms with van der Waals surface area (Å²) in [5, 5.41) is 3.34.